The van der Waals surface area contributed by atoms with E-state index in [2.05, 4.69) is 57.4 Å². The molecule has 1 aliphatic heterocycles. The molecule has 2 rings (SSSR count). The van der Waals surface area contributed by atoms with Gasteiger partial charge in [0, 0.05) is 16.8 Å². The molecule has 1 N–H and O–H groups in total. The molecule has 20 heavy (non-hydrogen) atoms. The van der Waals surface area contributed by atoms with Crippen LogP contribution in [-0.4, -0.2) is 23.8 Å². The molecule has 2 heterocycles. The average molecular weight is 295 g/mol. The quantitative estimate of drug-likeness (QED) is 0.847. The number of thiophene rings is 1. The fourth-order valence-corrected chi connectivity index (χ4v) is 4.33. The molecule has 3 heteroatoms. The van der Waals surface area contributed by atoms with Crippen LogP contribution in [0, 0.1) is 5.92 Å². The second kappa shape index (κ2) is 6.17. The van der Waals surface area contributed by atoms with E-state index in [1.165, 1.54) is 11.3 Å². The van der Waals surface area contributed by atoms with Crippen molar-refractivity contribution < 1.29 is 4.74 Å². The highest BCUT2D eigenvalue weighted by Crippen LogP contribution is 2.44. The summed E-state index contributed by atoms with van der Waals surface area (Å²) in [6.07, 6.45) is 3.43. The van der Waals surface area contributed by atoms with Gasteiger partial charge in [0.1, 0.15) is 0 Å². The predicted octanol–water partition coefficient (Wildman–Crippen LogP) is 4.25. The van der Waals surface area contributed by atoms with Gasteiger partial charge in [0.15, 0.2) is 0 Å². The van der Waals surface area contributed by atoms with Crippen LogP contribution in [0.3, 0.4) is 0 Å². The van der Waals surface area contributed by atoms with Crippen molar-refractivity contribution in [2.24, 2.45) is 5.92 Å². The minimum absolute atomic E-state index is 0.00421. The van der Waals surface area contributed by atoms with Crippen molar-refractivity contribution >= 4 is 11.3 Å². The molecule has 1 aromatic rings. The monoisotopic (exact) mass is 295 g/mol. The fraction of sp³-hybridized carbons (Fsp3) is 0.765. The molecule has 2 atom stereocenters. The molecular weight excluding hydrogens is 266 g/mol. The van der Waals surface area contributed by atoms with Crippen molar-refractivity contribution in [3.05, 3.63) is 22.4 Å². The van der Waals surface area contributed by atoms with Crippen LogP contribution in [0.25, 0.3) is 0 Å². The van der Waals surface area contributed by atoms with Crippen LogP contribution < -0.4 is 5.32 Å². The summed E-state index contributed by atoms with van der Waals surface area (Å²) < 4.78 is 6.29. The van der Waals surface area contributed by atoms with E-state index >= 15 is 0 Å². The molecule has 1 saturated heterocycles. The summed E-state index contributed by atoms with van der Waals surface area (Å²) in [5, 5.41) is 5.94. The number of ether oxygens (including phenoxy) is 1. The molecule has 1 aliphatic rings. The topological polar surface area (TPSA) is 21.3 Å². The lowest BCUT2D eigenvalue weighted by atomic mass is 9.80. The molecule has 0 spiro atoms. The van der Waals surface area contributed by atoms with E-state index in [9.17, 15) is 0 Å². The molecule has 2 unspecified atom stereocenters. The minimum Gasteiger partial charge on any atom is -0.369 e. The van der Waals surface area contributed by atoms with Crippen LogP contribution in [0.1, 0.15) is 52.3 Å². The maximum absolute atomic E-state index is 6.29. The molecule has 0 amide bonds. The van der Waals surface area contributed by atoms with Crippen molar-refractivity contribution in [1.29, 1.82) is 0 Å². The first-order chi connectivity index (χ1) is 9.34. The first-order valence-electron chi connectivity index (χ1n) is 7.80. The van der Waals surface area contributed by atoms with Crippen LogP contribution >= 0.6 is 11.3 Å². The van der Waals surface area contributed by atoms with E-state index in [4.69, 9.17) is 4.74 Å². The van der Waals surface area contributed by atoms with Gasteiger partial charge in [-0.1, -0.05) is 13.0 Å². The van der Waals surface area contributed by atoms with Gasteiger partial charge in [0.25, 0.3) is 0 Å². The van der Waals surface area contributed by atoms with Gasteiger partial charge < -0.3 is 10.1 Å². The smallest absolute Gasteiger partial charge is 0.0677 e. The minimum atomic E-state index is -0.0494. The third-order valence-corrected chi connectivity index (χ3v) is 5.19. The highest BCUT2D eigenvalue weighted by molar-refractivity contribution is 7.09. The second-order valence-electron chi connectivity index (χ2n) is 7.12. The Bertz CT molecular complexity index is 411. The molecule has 2 nitrogen and oxygen atoms in total. The number of hydrogen-bond donors (Lipinski definition) is 1. The van der Waals surface area contributed by atoms with Crippen molar-refractivity contribution in [3.63, 3.8) is 0 Å². The van der Waals surface area contributed by atoms with Gasteiger partial charge in [-0.3, -0.25) is 0 Å². The molecule has 114 valence electrons. The third kappa shape index (κ3) is 3.84. The van der Waals surface area contributed by atoms with Crippen molar-refractivity contribution in [3.8, 4) is 0 Å². The van der Waals surface area contributed by atoms with Crippen LogP contribution in [0.5, 0.6) is 0 Å². The summed E-state index contributed by atoms with van der Waals surface area (Å²) in [5.41, 5.74) is -0.0536. The van der Waals surface area contributed by atoms with Gasteiger partial charge in [-0.15, -0.1) is 11.3 Å². The molecule has 1 fully saturated rings. The van der Waals surface area contributed by atoms with Crippen LogP contribution in [0.15, 0.2) is 17.5 Å². The van der Waals surface area contributed by atoms with Gasteiger partial charge in [0.05, 0.1) is 11.2 Å². The number of rotatable bonds is 6. The van der Waals surface area contributed by atoms with Crippen LogP contribution in [0.2, 0.25) is 0 Å². The van der Waals surface area contributed by atoms with Crippen molar-refractivity contribution in [2.75, 3.05) is 6.54 Å². The summed E-state index contributed by atoms with van der Waals surface area (Å²) in [5.74, 6) is 0.561. The molecular formula is C17H29NOS. The molecule has 0 bridgehead atoms. The molecule has 0 radical (unpaired) electrons. The summed E-state index contributed by atoms with van der Waals surface area (Å²) in [6, 6.07) is 4.90. The summed E-state index contributed by atoms with van der Waals surface area (Å²) in [4.78, 5) is 1.47. The average Bonchev–Trinajstić information content (AvgIpc) is 2.89. The van der Waals surface area contributed by atoms with Crippen LogP contribution in [0.4, 0.5) is 0 Å². The molecule has 0 aromatic carbocycles. The maximum atomic E-state index is 6.29. The Labute approximate surface area is 127 Å². The molecule has 0 aliphatic carbocycles. The Kier molecular flexibility index (Phi) is 4.93. The van der Waals surface area contributed by atoms with E-state index in [0.29, 0.717) is 12.0 Å². The lowest BCUT2D eigenvalue weighted by Crippen LogP contribution is -2.45. The largest absolute Gasteiger partial charge is 0.369 e. The summed E-state index contributed by atoms with van der Waals surface area (Å²) in [7, 11) is 0. The number of nitrogens with one attached hydrogen (secondary N) is 1. The normalized spacial score (nSPS) is 25.8. The van der Waals surface area contributed by atoms with Gasteiger partial charge in [-0.2, -0.15) is 0 Å². The second-order valence-corrected chi connectivity index (χ2v) is 8.15. The zero-order valence-electron chi connectivity index (χ0n) is 13.5. The molecule has 1 aromatic heterocycles. The van der Waals surface area contributed by atoms with E-state index in [1.54, 1.807) is 0 Å². The van der Waals surface area contributed by atoms with E-state index in [0.717, 1.165) is 19.4 Å². The number of hydrogen-bond acceptors (Lipinski definition) is 3. The standard InChI is InChI=1S/C17H29NOS/c1-6-9-18-15(11-13-8-7-10-20-13)14-12-16(2,3)19-17(14,4)5/h7-8,10,14-15,18H,6,9,11-12H2,1-5H3. The maximum Gasteiger partial charge on any atom is 0.0677 e. The van der Waals surface area contributed by atoms with Crippen molar-refractivity contribution in [2.45, 2.75) is 71.1 Å². The lowest BCUT2D eigenvalue weighted by molar-refractivity contribution is -0.0776. The Morgan fingerprint density at radius 1 is 1.40 bits per heavy atom. The van der Waals surface area contributed by atoms with Gasteiger partial charge in [-0.05, 0) is 64.9 Å². The first kappa shape index (κ1) is 16.0. The van der Waals surface area contributed by atoms with Gasteiger partial charge in [0.2, 0.25) is 0 Å². The highest BCUT2D eigenvalue weighted by Gasteiger charge is 2.48. The lowest BCUT2D eigenvalue weighted by Gasteiger charge is -2.33. The van der Waals surface area contributed by atoms with Crippen LogP contribution in [-0.2, 0) is 11.2 Å². The fourth-order valence-electron chi connectivity index (χ4n) is 3.56. The Morgan fingerprint density at radius 3 is 2.65 bits per heavy atom. The van der Waals surface area contributed by atoms with E-state index in [1.807, 2.05) is 11.3 Å². The predicted molar refractivity (Wildman–Crippen MR) is 87.5 cm³/mol. The third-order valence-electron chi connectivity index (χ3n) is 4.29. The Hall–Kier alpha value is -0.380. The molecule has 0 saturated carbocycles. The van der Waals surface area contributed by atoms with Gasteiger partial charge >= 0.3 is 0 Å². The first-order valence-corrected chi connectivity index (χ1v) is 8.68. The zero-order valence-corrected chi connectivity index (χ0v) is 14.3. The van der Waals surface area contributed by atoms with E-state index < -0.39 is 0 Å². The van der Waals surface area contributed by atoms with Gasteiger partial charge in [-0.25, -0.2) is 0 Å². The summed E-state index contributed by atoms with van der Waals surface area (Å²) >= 11 is 1.86. The Balaban J connectivity index is 2.13. The van der Waals surface area contributed by atoms with Crippen molar-refractivity contribution in [1.82, 2.24) is 5.32 Å². The Morgan fingerprint density at radius 2 is 2.15 bits per heavy atom. The van der Waals surface area contributed by atoms with E-state index in [-0.39, 0.29) is 11.2 Å². The SMILES string of the molecule is CCCNC(Cc1cccs1)C1CC(C)(C)OC1(C)C. The summed E-state index contributed by atoms with van der Waals surface area (Å²) in [6.45, 7) is 12.3. The highest BCUT2D eigenvalue weighted by atomic mass is 32.1. The zero-order chi connectivity index (χ0) is 14.8.